The first kappa shape index (κ1) is 31.0. The molecule has 1 aliphatic heterocycles. The maximum atomic E-state index is 12.7. The third-order valence-corrected chi connectivity index (χ3v) is 5.92. The molecule has 8 N–H and O–H groups in total. The van der Waals surface area contributed by atoms with Crippen molar-refractivity contribution in [2.75, 3.05) is 34.6 Å². The van der Waals surface area contributed by atoms with Gasteiger partial charge in [0.05, 0.1) is 25.3 Å². The zero-order valence-corrected chi connectivity index (χ0v) is 22.2. The lowest BCUT2D eigenvalue weighted by Crippen LogP contribution is -2.60. The molecule has 2 aromatic rings. The Kier molecular flexibility index (Phi) is 10.4. The molecule has 0 bridgehead atoms. The second kappa shape index (κ2) is 13.7. The number of aromatic carboxylic acids is 1. The SMILES string of the molecule is CN=C(N)NCOc1cc(C(=O)O)ccc1O[C@@H]1O[C@H](COC(=O)c2cc(OC)c(O)c(OC)c2)[C@@H](O)[C@H](O)[C@H]1O. The molecule has 0 aromatic heterocycles. The number of phenolic OH excluding ortho intramolecular Hbond substituents is 1. The molecule has 16 heteroatoms. The number of carboxylic acid groups (broad SMARTS) is 1. The standard InChI is InChI=1S/C25H31N3O13/c1-27-25(26)28-10-39-14-6-11(22(33)34)4-5-13(14)40-24-21(32)20(31)19(30)17(41-24)9-38-23(35)12-7-15(36-2)18(29)16(8-12)37-3/h4-8,17,19-21,24,29-32H,9-10H2,1-3H3,(H,33,34)(H3,26,27,28)/t17-,19-,20+,21-,24-/m1/s1. The lowest BCUT2D eigenvalue weighted by atomic mass is 9.99. The molecule has 1 fully saturated rings. The molecule has 0 unspecified atom stereocenters. The largest absolute Gasteiger partial charge is 0.502 e. The zero-order chi connectivity index (χ0) is 30.3. The number of guanidine groups is 1. The smallest absolute Gasteiger partial charge is 0.338 e. The third kappa shape index (κ3) is 7.37. The first-order valence-electron chi connectivity index (χ1n) is 11.9. The molecule has 224 valence electrons. The van der Waals surface area contributed by atoms with E-state index in [-0.39, 0.29) is 52.6 Å². The Morgan fingerprint density at radius 3 is 2.20 bits per heavy atom. The molecule has 3 rings (SSSR count). The minimum Gasteiger partial charge on any atom is -0.502 e. The summed E-state index contributed by atoms with van der Waals surface area (Å²) < 4.78 is 32.1. The van der Waals surface area contributed by atoms with Crippen molar-refractivity contribution in [2.24, 2.45) is 10.7 Å². The van der Waals surface area contributed by atoms with E-state index in [2.05, 4.69) is 10.3 Å². The molecular formula is C25H31N3O13. The Bertz CT molecular complexity index is 1250. The maximum Gasteiger partial charge on any atom is 0.338 e. The topological polar surface area (TPSA) is 241 Å². The number of nitrogens with zero attached hydrogens (tertiary/aromatic N) is 1. The average Bonchev–Trinajstić information content (AvgIpc) is 2.97. The van der Waals surface area contributed by atoms with Gasteiger partial charge in [0.15, 0.2) is 35.7 Å². The molecule has 1 saturated heterocycles. The number of nitrogens with one attached hydrogen (secondary N) is 1. The van der Waals surface area contributed by atoms with Gasteiger partial charge in [-0.1, -0.05) is 0 Å². The molecule has 0 radical (unpaired) electrons. The van der Waals surface area contributed by atoms with Crippen molar-refractivity contribution in [1.82, 2.24) is 5.32 Å². The second-order valence-electron chi connectivity index (χ2n) is 8.50. The number of ether oxygens (including phenoxy) is 6. The molecule has 2 aromatic carbocycles. The van der Waals surface area contributed by atoms with E-state index in [0.717, 1.165) is 6.07 Å². The number of nitrogens with two attached hydrogens (primary N) is 1. The van der Waals surface area contributed by atoms with Crippen LogP contribution in [0.5, 0.6) is 28.7 Å². The minimum absolute atomic E-state index is 0.0478. The number of esters is 1. The van der Waals surface area contributed by atoms with Gasteiger partial charge < -0.3 is 65.0 Å². The molecule has 1 heterocycles. The number of phenols is 1. The number of aliphatic hydroxyl groups is 3. The number of carbonyl (C=O) groups is 2. The summed E-state index contributed by atoms with van der Waals surface area (Å²) in [6.07, 6.45) is -8.22. The quantitative estimate of drug-likeness (QED) is 0.0730. The van der Waals surface area contributed by atoms with Crippen molar-refractivity contribution < 1.29 is 63.5 Å². The van der Waals surface area contributed by atoms with Crippen LogP contribution in [0.4, 0.5) is 0 Å². The summed E-state index contributed by atoms with van der Waals surface area (Å²) in [6, 6.07) is 6.02. The Hall–Kier alpha value is -4.51. The van der Waals surface area contributed by atoms with E-state index in [4.69, 9.17) is 34.2 Å². The molecule has 0 amide bonds. The summed E-state index contributed by atoms with van der Waals surface area (Å²) in [5.41, 5.74) is 5.36. The number of aromatic hydroxyl groups is 1. The summed E-state index contributed by atoms with van der Waals surface area (Å²) in [4.78, 5) is 27.8. The van der Waals surface area contributed by atoms with Gasteiger partial charge in [0, 0.05) is 7.05 Å². The van der Waals surface area contributed by atoms with Crippen LogP contribution in [0, 0.1) is 0 Å². The predicted molar refractivity (Wildman–Crippen MR) is 138 cm³/mol. The van der Waals surface area contributed by atoms with Gasteiger partial charge in [-0.2, -0.15) is 0 Å². The van der Waals surface area contributed by atoms with Gasteiger partial charge in [0.2, 0.25) is 12.0 Å². The van der Waals surface area contributed by atoms with Crippen LogP contribution in [0.25, 0.3) is 0 Å². The van der Waals surface area contributed by atoms with E-state index in [9.17, 15) is 35.1 Å². The summed E-state index contributed by atoms with van der Waals surface area (Å²) in [5, 5.41) is 53.4. The first-order chi connectivity index (χ1) is 19.5. The Balaban J connectivity index is 1.76. The molecule has 1 aliphatic rings. The van der Waals surface area contributed by atoms with Crippen molar-refractivity contribution in [3.05, 3.63) is 41.5 Å². The minimum atomic E-state index is -1.78. The lowest BCUT2D eigenvalue weighted by Gasteiger charge is -2.40. The van der Waals surface area contributed by atoms with E-state index >= 15 is 0 Å². The fraction of sp³-hybridized carbons (Fsp3) is 0.400. The van der Waals surface area contributed by atoms with Crippen molar-refractivity contribution in [3.8, 4) is 28.7 Å². The number of aliphatic hydroxyl groups excluding tert-OH is 3. The van der Waals surface area contributed by atoms with Gasteiger partial charge in [0.1, 0.15) is 31.0 Å². The summed E-state index contributed by atoms with van der Waals surface area (Å²) >= 11 is 0. The molecule has 5 atom stereocenters. The number of methoxy groups -OCH3 is 2. The molecular weight excluding hydrogens is 550 g/mol. The van der Waals surface area contributed by atoms with Crippen molar-refractivity contribution in [3.63, 3.8) is 0 Å². The number of hydrogen-bond acceptors (Lipinski definition) is 13. The fourth-order valence-electron chi connectivity index (χ4n) is 3.65. The first-order valence-corrected chi connectivity index (χ1v) is 11.9. The summed E-state index contributed by atoms with van der Waals surface area (Å²) in [6.45, 7) is -0.820. The highest BCUT2D eigenvalue weighted by molar-refractivity contribution is 5.91. The summed E-state index contributed by atoms with van der Waals surface area (Å²) in [7, 11) is 4.00. The molecule has 41 heavy (non-hydrogen) atoms. The van der Waals surface area contributed by atoms with Gasteiger partial charge in [-0.15, -0.1) is 0 Å². The molecule has 0 spiro atoms. The van der Waals surface area contributed by atoms with Crippen LogP contribution < -0.4 is 30.0 Å². The van der Waals surface area contributed by atoms with Gasteiger partial charge >= 0.3 is 11.9 Å². The highest BCUT2D eigenvalue weighted by Crippen LogP contribution is 2.37. The van der Waals surface area contributed by atoms with Crippen LogP contribution in [0.15, 0.2) is 35.3 Å². The fourth-order valence-corrected chi connectivity index (χ4v) is 3.65. The number of aliphatic imine (C=N–C) groups is 1. The van der Waals surface area contributed by atoms with E-state index < -0.39 is 49.3 Å². The second-order valence-corrected chi connectivity index (χ2v) is 8.50. The Labute approximate surface area is 233 Å². The highest BCUT2D eigenvalue weighted by Gasteiger charge is 2.45. The predicted octanol–water partition coefficient (Wildman–Crippen LogP) is -0.979. The Morgan fingerprint density at radius 1 is 0.976 bits per heavy atom. The highest BCUT2D eigenvalue weighted by atomic mass is 16.7. The third-order valence-electron chi connectivity index (χ3n) is 5.92. The maximum absolute atomic E-state index is 12.7. The lowest BCUT2D eigenvalue weighted by molar-refractivity contribution is -0.277. The summed E-state index contributed by atoms with van der Waals surface area (Å²) in [5.74, 6) is -2.71. The number of carbonyl (C=O) groups excluding carboxylic acids is 1. The van der Waals surface area contributed by atoms with Crippen molar-refractivity contribution in [2.45, 2.75) is 30.7 Å². The van der Waals surface area contributed by atoms with E-state index in [1.807, 2.05) is 0 Å². The monoisotopic (exact) mass is 581 g/mol. The zero-order valence-electron chi connectivity index (χ0n) is 22.2. The van der Waals surface area contributed by atoms with E-state index in [0.29, 0.717) is 0 Å². The Morgan fingerprint density at radius 2 is 1.61 bits per heavy atom. The van der Waals surface area contributed by atoms with Crippen molar-refractivity contribution >= 4 is 17.9 Å². The van der Waals surface area contributed by atoms with Crippen LogP contribution in [0.3, 0.4) is 0 Å². The van der Waals surface area contributed by atoms with Gasteiger partial charge in [0.25, 0.3) is 0 Å². The number of rotatable bonds is 11. The van der Waals surface area contributed by atoms with E-state index in [1.54, 1.807) is 0 Å². The molecule has 16 nitrogen and oxygen atoms in total. The normalized spacial score (nSPS) is 22.4. The average molecular weight is 582 g/mol. The number of benzene rings is 2. The van der Waals surface area contributed by atoms with Gasteiger partial charge in [-0.3, -0.25) is 4.99 Å². The van der Waals surface area contributed by atoms with Crippen LogP contribution in [-0.2, 0) is 9.47 Å². The van der Waals surface area contributed by atoms with Gasteiger partial charge in [-0.05, 0) is 30.3 Å². The van der Waals surface area contributed by atoms with Crippen LogP contribution >= 0.6 is 0 Å². The van der Waals surface area contributed by atoms with E-state index in [1.165, 1.54) is 45.5 Å². The molecule has 0 aliphatic carbocycles. The van der Waals surface area contributed by atoms with Crippen LogP contribution in [0.2, 0.25) is 0 Å². The number of carboxylic acids is 1. The van der Waals surface area contributed by atoms with Crippen LogP contribution in [-0.4, -0.2) is 109 Å². The van der Waals surface area contributed by atoms with Crippen molar-refractivity contribution in [1.29, 1.82) is 0 Å². The van der Waals surface area contributed by atoms with Gasteiger partial charge in [-0.25, -0.2) is 9.59 Å². The van der Waals surface area contributed by atoms with Crippen LogP contribution in [0.1, 0.15) is 20.7 Å². The molecule has 0 saturated carbocycles. The number of hydrogen-bond donors (Lipinski definition) is 7.